The highest BCUT2D eigenvalue weighted by Gasteiger charge is 2.27. The highest BCUT2D eigenvalue weighted by atomic mass is 35.5. The van der Waals surface area contributed by atoms with Crippen LogP contribution in [-0.4, -0.2) is 18.1 Å². The van der Waals surface area contributed by atoms with Crippen LogP contribution in [0.25, 0.3) is 0 Å². The van der Waals surface area contributed by atoms with E-state index in [0.29, 0.717) is 16.3 Å². The predicted octanol–water partition coefficient (Wildman–Crippen LogP) is 1.75. The molecule has 0 bridgehead atoms. The third-order valence-corrected chi connectivity index (χ3v) is 3.63. The molecule has 1 aromatic rings. The average molecular weight is 270 g/mol. The van der Waals surface area contributed by atoms with Crippen LogP contribution in [0.4, 0.5) is 0 Å². The fraction of sp³-hybridized carbons (Fsp3) is 0.462. The number of nitrogens with two attached hydrogens (primary N) is 1. The maximum Gasteiger partial charge on any atom is 0.251 e. The van der Waals surface area contributed by atoms with Crippen LogP contribution in [0.1, 0.15) is 35.6 Å². The first kappa shape index (κ1) is 13.2. The van der Waals surface area contributed by atoms with Gasteiger partial charge in [-0.1, -0.05) is 11.6 Å². The summed E-state index contributed by atoms with van der Waals surface area (Å²) in [6, 6.07) is 1.85. The van der Waals surface area contributed by atoms with Crippen LogP contribution in [0.15, 0.2) is 6.07 Å². The fourth-order valence-electron chi connectivity index (χ4n) is 2.52. The van der Waals surface area contributed by atoms with Crippen molar-refractivity contribution in [1.82, 2.24) is 0 Å². The molecule has 0 fully saturated rings. The zero-order valence-electron chi connectivity index (χ0n) is 10.2. The number of ether oxygens (including phenoxy) is 1. The summed E-state index contributed by atoms with van der Waals surface area (Å²) in [6.07, 6.45) is 2.45. The second-order valence-corrected chi connectivity index (χ2v) is 4.86. The molecule has 0 heterocycles. The van der Waals surface area contributed by atoms with Gasteiger partial charge in [0.05, 0.1) is 12.1 Å². The Balaban J connectivity index is 2.65. The topological polar surface area (TPSA) is 72.6 Å². The molecule has 0 saturated heterocycles. The Hall–Kier alpha value is -1.26. The van der Waals surface area contributed by atoms with Gasteiger partial charge in [-0.05, 0) is 42.9 Å². The van der Waals surface area contributed by atoms with Gasteiger partial charge in [-0.15, -0.1) is 0 Å². The molecule has 5 heteroatoms. The van der Waals surface area contributed by atoms with Crippen molar-refractivity contribution in [1.29, 1.82) is 0 Å². The number of carbonyl (C=O) groups is 1. The smallest absolute Gasteiger partial charge is 0.251 e. The summed E-state index contributed by atoms with van der Waals surface area (Å²) in [6.45, 7) is 0. The summed E-state index contributed by atoms with van der Waals surface area (Å²) in [7, 11) is 1.47. The number of carbonyl (C=O) groups excluding carboxylic acids is 1. The maximum atomic E-state index is 11.2. The van der Waals surface area contributed by atoms with Crippen molar-refractivity contribution >= 4 is 17.5 Å². The molecular weight excluding hydrogens is 254 g/mol. The lowest BCUT2D eigenvalue weighted by Crippen LogP contribution is -2.24. The standard InChI is InChI=1S/C13H16ClNO3/c1-18-12-9(14)6-7-4-2-3-5-8(7)10(12)11(16)13(15)17/h6,11,16H,2-5H2,1H3,(H2,15,17). The van der Waals surface area contributed by atoms with Crippen molar-refractivity contribution in [3.63, 3.8) is 0 Å². The SMILES string of the molecule is COc1c(Cl)cc2c(c1C(O)C(N)=O)CCCC2. The Morgan fingerprint density at radius 1 is 1.50 bits per heavy atom. The van der Waals surface area contributed by atoms with E-state index in [1.807, 2.05) is 6.07 Å². The number of fused-ring (bicyclic) bond motifs is 1. The van der Waals surface area contributed by atoms with E-state index in [-0.39, 0.29) is 0 Å². The molecule has 98 valence electrons. The van der Waals surface area contributed by atoms with Crippen LogP contribution < -0.4 is 10.5 Å². The van der Waals surface area contributed by atoms with Gasteiger partial charge >= 0.3 is 0 Å². The van der Waals surface area contributed by atoms with Gasteiger partial charge in [0.15, 0.2) is 6.10 Å². The highest BCUT2D eigenvalue weighted by molar-refractivity contribution is 6.32. The summed E-state index contributed by atoms with van der Waals surface area (Å²) in [5.41, 5.74) is 7.65. The Bertz CT molecular complexity index is 488. The molecule has 3 N–H and O–H groups in total. The summed E-state index contributed by atoms with van der Waals surface area (Å²) < 4.78 is 5.21. The van der Waals surface area contributed by atoms with Crippen molar-refractivity contribution < 1.29 is 14.6 Å². The number of methoxy groups -OCH3 is 1. The zero-order valence-corrected chi connectivity index (χ0v) is 11.0. The molecule has 1 aliphatic carbocycles. The van der Waals surface area contributed by atoms with Crippen molar-refractivity contribution in [2.75, 3.05) is 7.11 Å². The van der Waals surface area contributed by atoms with Crippen molar-refractivity contribution in [3.8, 4) is 5.75 Å². The van der Waals surface area contributed by atoms with E-state index in [9.17, 15) is 9.90 Å². The fourth-order valence-corrected chi connectivity index (χ4v) is 2.83. The van der Waals surface area contributed by atoms with Crippen molar-refractivity contribution in [2.45, 2.75) is 31.8 Å². The second kappa shape index (κ2) is 5.16. The minimum atomic E-state index is -1.37. The first-order chi connectivity index (χ1) is 8.56. The minimum Gasteiger partial charge on any atom is -0.495 e. The van der Waals surface area contributed by atoms with E-state index in [1.165, 1.54) is 7.11 Å². The molecule has 1 unspecified atom stereocenters. The second-order valence-electron chi connectivity index (χ2n) is 4.46. The van der Waals surface area contributed by atoms with Gasteiger partial charge in [-0.2, -0.15) is 0 Å². The monoisotopic (exact) mass is 269 g/mol. The predicted molar refractivity (Wildman–Crippen MR) is 68.8 cm³/mol. The summed E-state index contributed by atoms with van der Waals surface area (Å²) in [4.78, 5) is 11.2. The lowest BCUT2D eigenvalue weighted by atomic mass is 9.85. The maximum absolute atomic E-state index is 11.2. The summed E-state index contributed by atoms with van der Waals surface area (Å²) in [5.74, 6) is -0.438. The van der Waals surface area contributed by atoms with Gasteiger partial charge in [-0.3, -0.25) is 4.79 Å². The lowest BCUT2D eigenvalue weighted by Gasteiger charge is -2.24. The van der Waals surface area contributed by atoms with E-state index in [4.69, 9.17) is 22.1 Å². The van der Waals surface area contributed by atoms with E-state index in [0.717, 1.165) is 36.8 Å². The normalized spacial score (nSPS) is 15.9. The van der Waals surface area contributed by atoms with Gasteiger partial charge in [0.25, 0.3) is 5.91 Å². The Morgan fingerprint density at radius 3 is 2.78 bits per heavy atom. The van der Waals surface area contributed by atoms with Gasteiger partial charge in [-0.25, -0.2) is 0 Å². The molecule has 0 aromatic heterocycles. The number of aryl methyl sites for hydroxylation is 1. The van der Waals surface area contributed by atoms with Gasteiger partial charge < -0.3 is 15.6 Å². The number of hydrogen-bond acceptors (Lipinski definition) is 3. The number of aliphatic hydroxyl groups is 1. The molecule has 18 heavy (non-hydrogen) atoms. The molecule has 4 nitrogen and oxygen atoms in total. The molecule has 0 radical (unpaired) electrons. The quantitative estimate of drug-likeness (QED) is 0.878. The van der Waals surface area contributed by atoms with Crippen LogP contribution in [-0.2, 0) is 17.6 Å². The number of halogens is 1. The van der Waals surface area contributed by atoms with Crippen molar-refractivity contribution in [2.24, 2.45) is 5.73 Å². The molecule has 1 aliphatic rings. The van der Waals surface area contributed by atoms with E-state index in [1.54, 1.807) is 0 Å². The molecular formula is C13H16ClNO3. The Morgan fingerprint density at radius 2 is 2.17 bits per heavy atom. The van der Waals surface area contributed by atoms with Gasteiger partial charge in [0.2, 0.25) is 0 Å². The van der Waals surface area contributed by atoms with Crippen LogP contribution >= 0.6 is 11.6 Å². The van der Waals surface area contributed by atoms with Crippen LogP contribution in [0.3, 0.4) is 0 Å². The number of primary amides is 1. The number of rotatable bonds is 3. The first-order valence-electron chi connectivity index (χ1n) is 5.91. The molecule has 1 atom stereocenters. The largest absolute Gasteiger partial charge is 0.495 e. The van der Waals surface area contributed by atoms with E-state index >= 15 is 0 Å². The Labute approximate surface area is 111 Å². The first-order valence-corrected chi connectivity index (χ1v) is 6.29. The summed E-state index contributed by atoms with van der Waals surface area (Å²) in [5, 5.41) is 10.4. The van der Waals surface area contributed by atoms with Crippen LogP contribution in [0.2, 0.25) is 5.02 Å². The molecule has 1 amide bonds. The van der Waals surface area contributed by atoms with Crippen LogP contribution in [0.5, 0.6) is 5.75 Å². The minimum absolute atomic E-state index is 0.351. The van der Waals surface area contributed by atoms with Gasteiger partial charge in [0, 0.05) is 5.56 Å². The zero-order chi connectivity index (χ0) is 13.3. The molecule has 0 aliphatic heterocycles. The number of amides is 1. The average Bonchev–Trinajstić information content (AvgIpc) is 2.36. The Kier molecular flexibility index (Phi) is 3.78. The number of hydrogen-bond donors (Lipinski definition) is 2. The molecule has 0 saturated carbocycles. The molecule has 0 spiro atoms. The number of aliphatic hydroxyl groups excluding tert-OH is 1. The third-order valence-electron chi connectivity index (χ3n) is 3.35. The highest BCUT2D eigenvalue weighted by Crippen LogP contribution is 2.40. The number of benzene rings is 1. The molecule has 2 rings (SSSR count). The van der Waals surface area contributed by atoms with Crippen molar-refractivity contribution in [3.05, 3.63) is 27.8 Å². The van der Waals surface area contributed by atoms with Crippen LogP contribution in [0, 0.1) is 0 Å². The van der Waals surface area contributed by atoms with E-state index in [2.05, 4.69) is 0 Å². The van der Waals surface area contributed by atoms with Gasteiger partial charge in [0.1, 0.15) is 5.75 Å². The lowest BCUT2D eigenvalue weighted by molar-refractivity contribution is -0.126. The molecule has 1 aromatic carbocycles. The third kappa shape index (κ3) is 2.18. The summed E-state index contributed by atoms with van der Waals surface area (Å²) >= 11 is 6.13. The van der Waals surface area contributed by atoms with E-state index < -0.39 is 12.0 Å².